The second-order valence-corrected chi connectivity index (χ2v) is 6.59. The van der Waals surface area contributed by atoms with Crippen LogP contribution in [0.2, 0.25) is 0 Å². The molecule has 0 radical (unpaired) electrons. The van der Waals surface area contributed by atoms with Crippen LogP contribution in [-0.2, 0) is 9.53 Å². The zero-order valence-electron chi connectivity index (χ0n) is 15.0. The number of nitrogens with zero attached hydrogens (tertiary/aromatic N) is 2. The summed E-state index contributed by atoms with van der Waals surface area (Å²) in [4.78, 5) is 38.0. The quantitative estimate of drug-likeness (QED) is 0.578. The van der Waals surface area contributed by atoms with Gasteiger partial charge in [0.2, 0.25) is 0 Å². The number of benzene rings is 1. The van der Waals surface area contributed by atoms with E-state index in [2.05, 4.69) is 10.3 Å². The van der Waals surface area contributed by atoms with Gasteiger partial charge in [0.15, 0.2) is 11.8 Å². The Balaban J connectivity index is 2.20. The van der Waals surface area contributed by atoms with Gasteiger partial charge in [-0.25, -0.2) is 9.59 Å². The Morgan fingerprint density at radius 3 is 2.63 bits per heavy atom. The largest absolute Gasteiger partial charge is 0.484 e. The number of ether oxygens (including phenoxy) is 2. The molecule has 2 aromatic rings. The highest BCUT2D eigenvalue weighted by molar-refractivity contribution is 5.90. The second-order valence-electron chi connectivity index (χ2n) is 6.59. The third-order valence-electron chi connectivity index (χ3n) is 3.30. The Morgan fingerprint density at radius 1 is 1.33 bits per heavy atom. The fraction of sp³-hybridized carbons (Fsp3) is 0.353. The molecule has 27 heavy (non-hydrogen) atoms. The molecule has 2 rings (SSSR count). The zero-order chi connectivity index (χ0) is 20.2. The number of carboxylic acid groups (broad SMARTS) is 1. The van der Waals surface area contributed by atoms with E-state index < -0.39 is 35.2 Å². The molecule has 0 saturated heterocycles. The van der Waals surface area contributed by atoms with Crippen molar-refractivity contribution in [3.05, 3.63) is 40.6 Å². The molecule has 1 aromatic heterocycles. The molecule has 1 atom stereocenters. The van der Waals surface area contributed by atoms with Gasteiger partial charge in [-0.05, 0) is 45.0 Å². The van der Waals surface area contributed by atoms with Crippen molar-refractivity contribution in [2.45, 2.75) is 32.4 Å². The number of carbonyl (C=O) groups excluding carboxylic acids is 1. The van der Waals surface area contributed by atoms with Crippen LogP contribution in [0, 0.1) is 10.1 Å². The topological polar surface area (TPSA) is 141 Å². The average Bonchev–Trinajstić information content (AvgIpc) is 2.55. The van der Waals surface area contributed by atoms with Crippen LogP contribution in [0.3, 0.4) is 0 Å². The normalized spacial score (nSPS) is 12.3. The molecule has 10 nitrogen and oxygen atoms in total. The van der Waals surface area contributed by atoms with Gasteiger partial charge in [-0.2, -0.15) is 0 Å². The molecule has 10 heteroatoms. The molecule has 0 unspecified atom stereocenters. The molecule has 1 heterocycles. The van der Waals surface area contributed by atoms with Crippen LogP contribution >= 0.6 is 0 Å². The summed E-state index contributed by atoms with van der Waals surface area (Å²) in [5, 5.41) is 23.1. The van der Waals surface area contributed by atoms with Gasteiger partial charge >= 0.3 is 17.7 Å². The minimum atomic E-state index is -1.45. The fourth-order valence-corrected chi connectivity index (χ4v) is 2.22. The van der Waals surface area contributed by atoms with Gasteiger partial charge in [0.25, 0.3) is 0 Å². The van der Waals surface area contributed by atoms with E-state index in [1.807, 2.05) is 0 Å². The van der Waals surface area contributed by atoms with E-state index in [4.69, 9.17) is 9.47 Å². The first-order valence-corrected chi connectivity index (χ1v) is 7.96. The molecule has 0 bridgehead atoms. The number of aliphatic carboxylic acids is 1. The maximum atomic E-state index is 11.8. The summed E-state index contributed by atoms with van der Waals surface area (Å²) in [6.07, 6.45) is 0.563. The lowest BCUT2D eigenvalue weighted by Crippen LogP contribution is -2.46. The maximum absolute atomic E-state index is 11.8. The SMILES string of the molecule is CC(C)(C)OC(=O)N[C@@H](COc1ccc2ncccc2c1[N+](=O)[O-])C(=O)O. The van der Waals surface area contributed by atoms with Gasteiger partial charge in [0, 0.05) is 6.20 Å². The van der Waals surface area contributed by atoms with E-state index in [-0.39, 0.29) is 16.8 Å². The van der Waals surface area contributed by atoms with E-state index in [0.717, 1.165) is 0 Å². The highest BCUT2D eigenvalue weighted by Gasteiger charge is 2.27. The Morgan fingerprint density at radius 2 is 2.04 bits per heavy atom. The predicted octanol–water partition coefficient (Wildman–Crippen LogP) is 2.50. The minimum Gasteiger partial charge on any atom is -0.484 e. The molecule has 2 N–H and O–H groups in total. The highest BCUT2D eigenvalue weighted by Crippen LogP contribution is 2.34. The highest BCUT2D eigenvalue weighted by atomic mass is 16.6. The number of nitro groups is 1. The molecule has 1 amide bonds. The summed E-state index contributed by atoms with van der Waals surface area (Å²) in [6.45, 7) is 4.36. The second kappa shape index (κ2) is 7.85. The molecular weight excluding hydrogens is 358 g/mol. The van der Waals surface area contributed by atoms with Crippen molar-refractivity contribution in [3.8, 4) is 5.75 Å². The molecule has 0 saturated carbocycles. The van der Waals surface area contributed by atoms with E-state index in [0.29, 0.717) is 5.52 Å². The van der Waals surface area contributed by atoms with Crippen molar-refractivity contribution in [1.29, 1.82) is 0 Å². The van der Waals surface area contributed by atoms with Crippen molar-refractivity contribution < 1.29 is 29.1 Å². The number of carboxylic acids is 1. The predicted molar refractivity (Wildman–Crippen MR) is 94.7 cm³/mol. The van der Waals surface area contributed by atoms with Crippen molar-refractivity contribution >= 4 is 28.7 Å². The Labute approximate surface area is 154 Å². The number of nitro benzene ring substituents is 1. The third-order valence-corrected chi connectivity index (χ3v) is 3.30. The van der Waals surface area contributed by atoms with Crippen LogP contribution < -0.4 is 10.1 Å². The minimum absolute atomic E-state index is 0.127. The van der Waals surface area contributed by atoms with Crippen LogP contribution in [0.4, 0.5) is 10.5 Å². The lowest BCUT2D eigenvalue weighted by atomic mass is 10.1. The number of pyridine rings is 1. The van der Waals surface area contributed by atoms with E-state index in [1.165, 1.54) is 24.4 Å². The lowest BCUT2D eigenvalue weighted by molar-refractivity contribution is -0.384. The molecular formula is C17H19N3O7. The number of amides is 1. The average molecular weight is 377 g/mol. The van der Waals surface area contributed by atoms with Crippen molar-refractivity contribution in [2.24, 2.45) is 0 Å². The van der Waals surface area contributed by atoms with Gasteiger partial charge in [-0.3, -0.25) is 15.1 Å². The van der Waals surface area contributed by atoms with Gasteiger partial charge in [0.1, 0.15) is 12.2 Å². The number of rotatable bonds is 6. The van der Waals surface area contributed by atoms with Gasteiger partial charge < -0.3 is 19.9 Å². The maximum Gasteiger partial charge on any atom is 0.408 e. The first-order valence-electron chi connectivity index (χ1n) is 7.96. The van der Waals surface area contributed by atoms with Crippen LogP contribution in [0.15, 0.2) is 30.5 Å². The molecule has 0 aliphatic rings. The number of hydrogen-bond acceptors (Lipinski definition) is 7. The standard InChI is InChI=1S/C17H19N3O7/c1-17(2,3)27-16(23)19-12(15(21)22)9-26-13-7-6-11-10(5-4-8-18-11)14(13)20(24)25/h4-8,12H,9H2,1-3H3,(H,19,23)(H,21,22)/t12-/m0/s1. The van der Waals surface area contributed by atoms with Gasteiger partial charge in [-0.15, -0.1) is 0 Å². The van der Waals surface area contributed by atoms with Crippen LogP contribution in [0.25, 0.3) is 10.9 Å². The number of carbonyl (C=O) groups is 2. The van der Waals surface area contributed by atoms with Crippen LogP contribution in [0.5, 0.6) is 5.75 Å². The summed E-state index contributed by atoms with van der Waals surface area (Å²) in [7, 11) is 0. The molecule has 0 spiro atoms. The Hall–Kier alpha value is -3.43. The number of fused-ring (bicyclic) bond motifs is 1. The van der Waals surface area contributed by atoms with Crippen LogP contribution in [0.1, 0.15) is 20.8 Å². The summed E-state index contributed by atoms with van der Waals surface area (Å²) < 4.78 is 10.3. The van der Waals surface area contributed by atoms with Gasteiger partial charge in [0.05, 0.1) is 15.8 Å². The summed E-state index contributed by atoms with van der Waals surface area (Å²) in [6, 6.07) is 4.46. The number of aromatic nitrogens is 1. The Kier molecular flexibility index (Phi) is 5.78. The molecule has 144 valence electrons. The van der Waals surface area contributed by atoms with E-state index in [9.17, 15) is 24.8 Å². The lowest BCUT2D eigenvalue weighted by Gasteiger charge is -2.22. The van der Waals surface area contributed by atoms with Crippen molar-refractivity contribution in [3.63, 3.8) is 0 Å². The Bertz CT molecular complexity index is 876. The fourth-order valence-electron chi connectivity index (χ4n) is 2.22. The third kappa shape index (κ3) is 5.27. The summed E-state index contributed by atoms with van der Waals surface area (Å²) >= 11 is 0. The summed E-state index contributed by atoms with van der Waals surface area (Å²) in [5.41, 5.74) is -0.738. The first-order chi connectivity index (χ1) is 12.6. The van der Waals surface area contributed by atoms with E-state index >= 15 is 0 Å². The summed E-state index contributed by atoms with van der Waals surface area (Å²) in [5.74, 6) is -1.50. The molecule has 1 aromatic carbocycles. The van der Waals surface area contributed by atoms with E-state index in [1.54, 1.807) is 26.8 Å². The number of alkyl carbamates (subject to hydrolysis) is 1. The smallest absolute Gasteiger partial charge is 0.408 e. The molecule has 0 fully saturated rings. The number of nitrogens with one attached hydrogen (secondary N) is 1. The molecule has 0 aliphatic carbocycles. The number of hydrogen-bond donors (Lipinski definition) is 2. The van der Waals surface area contributed by atoms with Crippen molar-refractivity contribution in [1.82, 2.24) is 10.3 Å². The molecule has 0 aliphatic heterocycles. The van der Waals surface area contributed by atoms with Crippen LogP contribution in [-0.4, -0.2) is 45.3 Å². The monoisotopic (exact) mass is 377 g/mol. The van der Waals surface area contributed by atoms with Crippen molar-refractivity contribution in [2.75, 3.05) is 6.61 Å². The van der Waals surface area contributed by atoms with Gasteiger partial charge in [-0.1, -0.05) is 0 Å². The zero-order valence-corrected chi connectivity index (χ0v) is 15.0. The first kappa shape index (κ1) is 19.9.